The highest BCUT2D eigenvalue weighted by Gasteiger charge is 2.54. The van der Waals surface area contributed by atoms with E-state index in [4.69, 9.17) is 10.6 Å². The Kier molecular flexibility index (Phi) is 10.4. The van der Waals surface area contributed by atoms with Crippen molar-refractivity contribution >= 4 is 62.1 Å². The molecule has 0 spiro atoms. The Labute approximate surface area is 284 Å². The number of rotatable bonds is 13. The standard InChI is InChI=1S/C27H28N8O13S2/c1-27(2,25(42)43)48-33-18(15-11-49-26(28)31-15)23(40)32-19-16(35(24(19)41)50(45,46)47)8-30-22(39)13-5-3-12(4-6-13)21(38)29-7-14-9-34(44)10-17(36)20(14)37/h3-6,9-11,16,19,36,44H,7-8H2,1-2H3,(H2,28,31)(H,29,38)(H,30,39)(H,32,40)(H,42,43)(H,45,46,47)/b33-18-/t16-,19+/m1/s1. The summed E-state index contributed by atoms with van der Waals surface area (Å²) in [5, 5.41) is 40.2. The first-order valence-corrected chi connectivity index (χ1v) is 16.2. The van der Waals surface area contributed by atoms with Gasteiger partial charge in [-0.05, 0) is 38.1 Å². The highest BCUT2D eigenvalue weighted by Crippen LogP contribution is 2.24. The number of carboxylic acids is 1. The smallest absolute Gasteiger partial charge is 0.362 e. The number of hydrogen-bond donors (Lipinski definition) is 8. The average molecular weight is 737 g/mol. The second kappa shape index (κ2) is 14.2. The van der Waals surface area contributed by atoms with Crippen molar-refractivity contribution in [1.82, 2.24) is 30.0 Å². The molecule has 0 radical (unpaired) electrons. The van der Waals surface area contributed by atoms with E-state index in [2.05, 4.69) is 26.1 Å². The molecular weight excluding hydrogens is 708 g/mol. The number of carbonyl (C=O) groups is 5. The molecule has 0 saturated carbocycles. The first-order chi connectivity index (χ1) is 23.3. The molecule has 4 rings (SSSR count). The van der Waals surface area contributed by atoms with Gasteiger partial charge in [0.15, 0.2) is 16.6 Å². The zero-order valence-corrected chi connectivity index (χ0v) is 27.4. The fraction of sp³-hybridized carbons (Fsp3) is 0.259. The summed E-state index contributed by atoms with van der Waals surface area (Å²) >= 11 is 0.896. The van der Waals surface area contributed by atoms with Crippen molar-refractivity contribution in [2.75, 3.05) is 12.3 Å². The molecule has 0 bridgehead atoms. The molecule has 3 aromatic rings. The summed E-state index contributed by atoms with van der Waals surface area (Å²) < 4.78 is 34.0. The predicted molar refractivity (Wildman–Crippen MR) is 169 cm³/mol. The third-order valence-electron chi connectivity index (χ3n) is 6.95. The van der Waals surface area contributed by atoms with E-state index in [9.17, 15) is 57.2 Å². The summed E-state index contributed by atoms with van der Waals surface area (Å²) in [7, 11) is -5.16. The fourth-order valence-electron chi connectivity index (χ4n) is 4.25. The molecule has 2 aromatic heterocycles. The number of benzene rings is 1. The molecule has 1 aliphatic rings. The number of nitrogens with two attached hydrogens (primary N) is 1. The number of thiazole rings is 1. The van der Waals surface area contributed by atoms with E-state index in [0.717, 1.165) is 37.6 Å². The number of aliphatic carboxylic acids is 1. The van der Waals surface area contributed by atoms with Crippen molar-refractivity contribution in [1.29, 1.82) is 0 Å². The van der Waals surface area contributed by atoms with Crippen molar-refractivity contribution in [2.45, 2.75) is 38.1 Å². The fourth-order valence-corrected chi connectivity index (χ4v) is 5.68. The number of oxime groups is 1. The van der Waals surface area contributed by atoms with Crippen molar-refractivity contribution in [3.63, 3.8) is 0 Å². The molecule has 0 unspecified atom stereocenters. The van der Waals surface area contributed by atoms with Gasteiger partial charge in [0.2, 0.25) is 11.0 Å². The lowest BCUT2D eigenvalue weighted by atomic mass is 9.98. The van der Waals surface area contributed by atoms with Crippen molar-refractivity contribution in [3.8, 4) is 5.75 Å². The van der Waals surface area contributed by atoms with Gasteiger partial charge in [0, 0.05) is 35.2 Å². The SMILES string of the molecule is CC(C)(O/N=C(\C(=O)N[C@@H]1C(=O)N(S(=O)(=O)O)[C@@H]1CNC(=O)c1ccc(C(=O)NCc2cn(O)cc(O)c2=O)cc1)c1csc(N)n1)C(=O)O. The minimum Gasteiger partial charge on any atom is -0.503 e. The summed E-state index contributed by atoms with van der Waals surface area (Å²) in [6, 6.07) is 1.76. The predicted octanol–water partition coefficient (Wildman–Crippen LogP) is -1.73. The molecular formula is C27H28N8O13S2. The molecule has 23 heteroatoms. The second-order valence-electron chi connectivity index (χ2n) is 10.9. The van der Waals surface area contributed by atoms with Gasteiger partial charge in [-0.25, -0.2) is 14.1 Å². The number of aromatic nitrogens is 2. The molecule has 1 fully saturated rings. The summed E-state index contributed by atoms with van der Waals surface area (Å²) in [6.45, 7) is 1.30. The highest BCUT2D eigenvalue weighted by molar-refractivity contribution is 7.84. The van der Waals surface area contributed by atoms with Crippen molar-refractivity contribution < 1.29 is 57.2 Å². The monoisotopic (exact) mass is 736 g/mol. The number of carbonyl (C=O) groups excluding carboxylic acids is 4. The average Bonchev–Trinajstić information content (AvgIpc) is 3.47. The molecule has 2 atom stereocenters. The van der Waals surface area contributed by atoms with Crippen LogP contribution in [0.1, 0.15) is 45.8 Å². The Morgan fingerprint density at radius 3 is 2.22 bits per heavy atom. The Morgan fingerprint density at radius 1 is 1.08 bits per heavy atom. The molecule has 3 heterocycles. The first-order valence-electron chi connectivity index (χ1n) is 13.9. The molecule has 21 nitrogen and oxygen atoms in total. The number of nitrogen functional groups attached to an aromatic ring is 1. The Hall–Kier alpha value is -6.07. The minimum atomic E-state index is -5.16. The molecule has 266 valence electrons. The van der Waals surface area contributed by atoms with Crippen molar-refractivity contribution in [2.24, 2.45) is 5.16 Å². The second-order valence-corrected chi connectivity index (χ2v) is 13.1. The van der Waals surface area contributed by atoms with Gasteiger partial charge in [0.05, 0.1) is 18.4 Å². The summed E-state index contributed by atoms with van der Waals surface area (Å²) in [4.78, 5) is 83.7. The summed E-state index contributed by atoms with van der Waals surface area (Å²) in [5.41, 5.74) is 2.02. The van der Waals surface area contributed by atoms with E-state index >= 15 is 0 Å². The van der Waals surface area contributed by atoms with E-state index in [0.29, 0.717) is 4.73 Å². The normalized spacial score (nSPS) is 16.3. The maximum Gasteiger partial charge on any atom is 0.362 e. The van der Waals surface area contributed by atoms with E-state index in [1.807, 2.05) is 0 Å². The van der Waals surface area contributed by atoms with Crippen LogP contribution in [-0.2, 0) is 36.1 Å². The van der Waals surface area contributed by atoms with Crippen LogP contribution in [0, 0.1) is 0 Å². The maximum atomic E-state index is 13.2. The number of amides is 4. The number of pyridine rings is 1. The highest BCUT2D eigenvalue weighted by atomic mass is 32.2. The molecule has 0 aliphatic carbocycles. The third kappa shape index (κ3) is 8.13. The van der Waals surface area contributed by atoms with E-state index < -0.39 is 81.0 Å². The summed E-state index contributed by atoms with van der Waals surface area (Å²) in [5.74, 6) is -6.11. The van der Waals surface area contributed by atoms with Crippen LogP contribution in [0.15, 0.2) is 52.0 Å². The van der Waals surface area contributed by atoms with Gasteiger partial charge in [-0.2, -0.15) is 13.1 Å². The van der Waals surface area contributed by atoms with Gasteiger partial charge in [-0.1, -0.05) is 5.16 Å². The lowest BCUT2D eigenvalue weighted by Gasteiger charge is -2.44. The lowest BCUT2D eigenvalue weighted by Crippen LogP contribution is -2.74. The van der Waals surface area contributed by atoms with Crippen LogP contribution < -0.4 is 27.1 Å². The van der Waals surface area contributed by atoms with E-state index in [-0.39, 0.29) is 38.4 Å². The lowest BCUT2D eigenvalue weighted by molar-refractivity contribution is -0.161. The van der Waals surface area contributed by atoms with Crippen LogP contribution in [0.25, 0.3) is 0 Å². The molecule has 4 amide bonds. The van der Waals surface area contributed by atoms with Gasteiger partial charge < -0.3 is 41.9 Å². The Balaban J connectivity index is 1.45. The van der Waals surface area contributed by atoms with Gasteiger partial charge >= 0.3 is 16.3 Å². The van der Waals surface area contributed by atoms with Crippen LogP contribution in [0.4, 0.5) is 5.13 Å². The largest absolute Gasteiger partial charge is 0.503 e. The molecule has 1 aliphatic heterocycles. The number of aromatic hydroxyl groups is 1. The minimum absolute atomic E-state index is 0.00369. The van der Waals surface area contributed by atoms with Gasteiger partial charge in [-0.3, -0.25) is 28.5 Å². The molecule has 1 saturated heterocycles. The number of carboxylic acid groups (broad SMARTS) is 1. The van der Waals surface area contributed by atoms with Gasteiger partial charge in [-0.15, -0.1) is 11.3 Å². The number of nitrogens with zero attached hydrogens (tertiary/aromatic N) is 4. The summed E-state index contributed by atoms with van der Waals surface area (Å²) in [6.07, 6.45) is 1.76. The molecule has 50 heavy (non-hydrogen) atoms. The first kappa shape index (κ1) is 36.8. The number of hydrogen-bond acceptors (Lipinski definition) is 15. The third-order valence-corrected chi connectivity index (χ3v) is 8.57. The van der Waals surface area contributed by atoms with Crippen LogP contribution in [0.3, 0.4) is 0 Å². The van der Waals surface area contributed by atoms with Crippen LogP contribution >= 0.6 is 11.3 Å². The maximum absolute atomic E-state index is 13.2. The number of anilines is 1. The number of nitrogens with one attached hydrogen (secondary N) is 3. The Bertz CT molecular complexity index is 2060. The van der Waals surface area contributed by atoms with Crippen molar-refractivity contribution in [3.05, 3.63) is 74.6 Å². The Morgan fingerprint density at radius 2 is 1.68 bits per heavy atom. The van der Waals surface area contributed by atoms with E-state index in [1.54, 1.807) is 0 Å². The quantitative estimate of drug-likeness (QED) is 0.0318. The molecule has 1 aromatic carbocycles. The zero-order valence-electron chi connectivity index (χ0n) is 25.8. The number of β-lactam (4-membered cyclic amide) rings is 1. The van der Waals surface area contributed by atoms with Gasteiger partial charge in [0.1, 0.15) is 11.7 Å². The van der Waals surface area contributed by atoms with Gasteiger partial charge in [0.25, 0.3) is 23.6 Å². The molecule has 9 N–H and O–H groups in total. The van der Waals surface area contributed by atoms with E-state index in [1.165, 1.54) is 29.6 Å². The van der Waals surface area contributed by atoms with Crippen LogP contribution in [0.5, 0.6) is 5.75 Å². The van der Waals surface area contributed by atoms with Crippen LogP contribution in [0.2, 0.25) is 0 Å². The topological polar surface area (TPSA) is 322 Å². The van der Waals surface area contributed by atoms with Crippen LogP contribution in [-0.4, -0.2) is 102 Å². The zero-order chi connectivity index (χ0) is 37.1.